The molecule has 5 nitrogen and oxygen atoms in total. The van der Waals surface area contributed by atoms with Crippen LogP contribution in [0.4, 0.5) is 10.1 Å². The topological polar surface area (TPSA) is 58.6 Å². The van der Waals surface area contributed by atoms with E-state index in [0.29, 0.717) is 24.3 Å². The van der Waals surface area contributed by atoms with Gasteiger partial charge in [0.15, 0.2) is 0 Å². The van der Waals surface area contributed by atoms with E-state index in [1.165, 1.54) is 18.2 Å². The summed E-state index contributed by atoms with van der Waals surface area (Å²) in [5.74, 6) is -0.536. The van der Waals surface area contributed by atoms with E-state index in [1.807, 2.05) is 25.1 Å². The molecule has 2 amide bonds. The molecule has 0 aromatic heterocycles. The molecule has 1 aliphatic rings. The Bertz CT molecular complexity index is 1150. The molecule has 3 aromatic carbocycles. The number of ether oxygens (including phenoxy) is 1. The summed E-state index contributed by atoms with van der Waals surface area (Å²) in [6, 6.07) is 20.7. The van der Waals surface area contributed by atoms with Gasteiger partial charge in [0.25, 0.3) is 5.91 Å². The summed E-state index contributed by atoms with van der Waals surface area (Å²) in [6.45, 7) is 2.27. The number of likely N-dealkylation sites (tertiary alicyclic amines) is 1. The summed E-state index contributed by atoms with van der Waals surface area (Å²) in [4.78, 5) is 28.2. The number of piperidine rings is 1. The molecule has 1 aliphatic heterocycles. The van der Waals surface area contributed by atoms with Crippen LogP contribution in [0.3, 0.4) is 0 Å². The molecule has 3 aromatic rings. The van der Waals surface area contributed by atoms with Crippen LogP contribution in [-0.4, -0.2) is 30.4 Å². The highest BCUT2D eigenvalue weighted by Gasteiger charge is 2.36. The van der Waals surface area contributed by atoms with E-state index < -0.39 is 5.82 Å². The zero-order valence-electron chi connectivity index (χ0n) is 18.8. The molecule has 0 spiro atoms. The number of carbonyl (C=O) groups is 2. The molecule has 1 saturated heterocycles. The molecular formula is C27H27FN2O3. The average Bonchev–Trinajstić information content (AvgIpc) is 2.83. The molecule has 0 radical (unpaired) electrons. The third-order valence-corrected chi connectivity index (χ3v) is 6.07. The quantitative estimate of drug-likeness (QED) is 0.573. The Balaban J connectivity index is 1.57. The number of halogens is 1. The van der Waals surface area contributed by atoms with Crippen molar-refractivity contribution in [2.24, 2.45) is 5.92 Å². The minimum Gasteiger partial charge on any atom is -0.497 e. The molecule has 33 heavy (non-hydrogen) atoms. The van der Waals surface area contributed by atoms with E-state index in [-0.39, 0.29) is 35.9 Å². The number of methoxy groups -OCH3 is 1. The van der Waals surface area contributed by atoms with Crippen LogP contribution in [0.5, 0.6) is 5.75 Å². The Morgan fingerprint density at radius 3 is 2.45 bits per heavy atom. The van der Waals surface area contributed by atoms with Crippen molar-refractivity contribution in [1.29, 1.82) is 0 Å². The number of benzene rings is 3. The van der Waals surface area contributed by atoms with Crippen molar-refractivity contribution in [1.82, 2.24) is 4.90 Å². The lowest BCUT2D eigenvalue weighted by Gasteiger charge is -2.39. The van der Waals surface area contributed by atoms with Gasteiger partial charge in [-0.25, -0.2) is 4.39 Å². The number of nitrogens with one attached hydrogen (secondary N) is 1. The summed E-state index contributed by atoms with van der Waals surface area (Å²) in [7, 11) is 1.59. The molecule has 0 aliphatic carbocycles. The number of anilines is 1. The summed E-state index contributed by atoms with van der Waals surface area (Å²) in [6.07, 6.45) is 1.29. The van der Waals surface area contributed by atoms with Crippen molar-refractivity contribution in [2.45, 2.75) is 25.8 Å². The van der Waals surface area contributed by atoms with Crippen molar-refractivity contribution < 1.29 is 18.7 Å². The second-order valence-corrected chi connectivity index (χ2v) is 8.39. The van der Waals surface area contributed by atoms with Crippen LogP contribution in [0.1, 0.15) is 40.4 Å². The third kappa shape index (κ3) is 5.22. The Labute approximate surface area is 193 Å². The highest BCUT2D eigenvalue weighted by atomic mass is 19.1. The van der Waals surface area contributed by atoms with Gasteiger partial charge in [-0.1, -0.05) is 35.9 Å². The lowest BCUT2D eigenvalue weighted by molar-refractivity contribution is -0.121. The fourth-order valence-electron chi connectivity index (χ4n) is 4.34. The first-order valence-electron chi connectivity index (χ1n) is 11.0. The van der Waals surface area contributed by atoms with Crippen LogP contribution in [0, 0.1) is 18.7 Å². The summed E-state index contributed by atoms with van der Waals surface area (Å²) >= 11 is 0. The largest absolute Gasteiger partial charge is 0.497 e. The SMILES string of the molecule is COc1ccc(NC(=O)C2CCC(c3cccc(C)c3)N(C(=O)c3cccc(F)c3)C2)cc1. The lowest BCUT2D eigenvalue weighted by atomic mass is 9.87. The summed E-state index contributed by atoms with van der Waals surface area (Å²) in [5.41, 5.74) is 3.08. The van der Waals surface area contributed by atoms with Crippen LogP contribution in [-0.2, 0) is 4.79 Å². The van der Waals surface area contributed by atoms with Gasteiger partial charge in [0, 0.05) is 17.8 Å². The number of hydrogen-bond acceptors (Lipinski definition) is 3. The number of hydrogen-bond donors (Lipinski definition) is 1. The molecule has 2 unspecified atom stereocenters. The second-order valence-electron chi connectivity index (χ2n) is 8.39. The minimum atomic E-state index is -0.459. The fraction of sp³-hybridized carbons (Fsp3) is 0.259. The molecule has 0 bridgehead atoms. The highest BCUT2D eigenvalue weighted by Crippen LogP contribution is 2.35. The number of aryl methyl sites for hydroxylation is 1. The van der Waals surface area contributed by atoms with Crippen molar-refractivity contribution in [3.63, 3.8) is 0 Å². The van der Waals surface area contributed by atoms with Gasteiger partial charge in [-0.2, -0.15) is 0 Å². The van der Waals surface area contributed by atoms with Crippen LogP contribution < -0.4 is 10.1 Å². The third-order valence-electron chi connectivity index (χ3n) is 6.07. The van der Waals surface area contributed by atoms with Crippen molar-refractivity contribution >= 4 is 17.5 Å². The van der Waals surface area contributed by atoms with Gasteiger partial charge in [-0.3, -0.25) is 9.59 Å². The molecule has 1 fully saturated rings. The maximum atomic E-state index is 13.8. The van der Waals surface area contributed by atoms with Gasteiger partial charge in [-0.05, 0) is 67.8 Å². The van der Waals surface area contributed by atoms with E-state index in [9.17, 15) is 14.0 Å². The molecule has 4 rings (SSSR count). The average molecular weight is 447 g/mol. The molecule has 1 N–H and O–H groups in total. The van der Waals surface area contributed by atoms with E-state index in [0.717, 1.165) is 11.1 Å². The Hall–Kier alpha value is -3.67. The first-order chi connectivity index (χ1) is 15.9. The van der Waals surface area contributed by atoms with Crippen LogP contribution in [0.25, 0.3) is 0 Å². The molecule has 2 atom stereocenters. The molecular weight excluding hydrogens is 419 g/mol. The van der Waals surface area contributed by atoms with Crippen molar-refractivity contribution in [3.05, 3.63) is 95.3 Å². The van der Waals surface area contributed by atoms with Crippen LogP contribution in [0.2, 0.25) is 0 Å². The predicted octanol–water partition coefficient (Wildman–Crippen LogP) is 5.37. The molecule has 1 heterocycles. The monoisotopic (exact) mass is 446 g/mol. The van der Waals surface area contributed by atoms with Gasteiger partial charge in [0.1, 0.15) is 11.6 Å². The smallest absolute Gasteiger partial charge is 0.254 e. The zero-order valence-corrected chi connectivity index (χ0v) is 18.8. The standard InChI is InChI=1S/C27H27FN2O3/c1-18-5-3-6-19(15-18)25-14-9-21(26(31)29-23-10-12-24(33-2)13-11-23)17-30(25)27(32)20-7-4-8-22(28)16-20/h3-8,10-13,15-16,21,25H,9,14,17H2,1-2H3,(H,29,31). The Morgan fingerprint density at radius 2 is 1.76 bits per heavy atom. The highest BCUT2D eigenvalue weighted by molar-refractivity contribution is 5.96. The number of carbonyl (C=O) groups excluding carboxylic acids is 2. The van der Waals surface area contributed by atoms with Crippen LogP contribution in [0.15, 0.2) is 72.8 Å². The van der Waals surface area contributed by atoms with Gasteiger partial charge in [0.05, 0.1) is 19.1 Å². The van der Waals surface area contributed by atoms with Crippen LogP contribution >= 0.6 is 0 Å². The maximum Gasteiger partial charge on any atom is 0.254 e. The normalized spacial score (nSPS) is 18.0. The summed E-state index contributed by atoms with van der Waals surface area (Å²) < 4.78 is 19.0. The Kier molecular flexibility index (Phi) is 6.73. The van der Waals surface area contributed by atoms with Gasteiger partial charge in [-0.15, -0.1) is 0 Å². The van der Waals surface area contributed by atoms with E-state index in [2.05, 4.69) is 11.4 Å². The van der Waals surface area contributed by atoms with Gasteiger partial charge >= 0.3 is 0 Å². The predicted molar refractivity (Wildman–Crippen MR) is 126 cm³/mol. The van der Waals surface area contributed by atoms with Crippen molar-refractivity contribution in [3.8, 4) is 5.75 Å². The summed E-state index contributed by atoms with van der Waals surface area (Å²) in [5, 5.41) is 2.94. The maximum absolute atomic E-state index is 13.8. The number of nitrogens with zero attached hydrogens (tertiary/aromatic N) is 1. The number of rotatable bonds is 5. The van der Waals surface area contributed by atoms with Crippen molar-refractivity contribution in [2.75, 3.05) is 19.0 Å². The zero-order chi connectivity index (χ0) is 23.4. The van der Waals surface area contributed by atoms with E-state index in [4.69, 9.17) is 4.74 Å². The molecule has 170 valence electrons. The van der Waals surface area contributed by atoms with E-state index >= 15 is 0 Å². The minimum absolute atomic E-state index is 0.139. The first kappa shape index (κ1) is 22.5. The molecule has 0 saturated carbocycles. The first-order valence-corrected chi connectivity index (χ1v) is 11.0. The lowest BCUT2D eigenvalue weighted by Crippen LogP contribution is -2.45. The Morgan fingerprint density at radius 1 is 1.00 bits per heavy atom. The van der Waals surface area contributed by atoms with Gasteiger partial charge < -0.3 is 15.0 Å². The molecule has 6 heteroatoms. The fourth-order valence-corrected chi connectivity index (χ4v) is 4.34. The second kappa shape index (κ2) is 9.86. The number of amides is 2. The van der Waals surface area contributed by atoms with E-state index in [1.54, 1.807) is 42.3 Å². The van der Waals surface area contributed by atoms with Gasteiger partial charge in [0.2, 0.25) is 5.91 Å².